The molecular weight excluding hydrogens is 279 g/mol. The highest BCUT2D eigenvalue weighted by molar-refractivity contribution is 6.33. The van der Waals surface area contributed by atoms with Gasteiger partial charge in [-0.25, -0.2) is 14.4 Å². The summed E-state index contributed by atoms with van der Waals surface area (Å²) in [4.78, 5) is 8.63. The van der Waals surface area contributed by atoms with Crippen molar-refractivity contribution >= 4 is 28.9 Å². The molecule has 2 aromatic rings. The Kier molecular flexibility index (Phi) is 3.81. The minimum atomic E-state index is -0.391. The van der Waals surface area contributed by atoms with Gasteiger partial charge in [-0.2, -0.15) is 0 Å². The predicted octanol–water partition coefficient (Wildman–Crippen LogP) is 3.89. The lowest BCUT2D eigenvalue weighted by Gasteiger charge is -2.18. The molecule has 0 fully saturated rings. The van der Waals surface area contributed by atoms with E-state index in [1.165, 1.54) is 12.1 Å². The van der Waals surface area contributed by atoms with E-state index < -0.39 is 5.82 Å². The molecule has 0 aliphatic rings. The second-order valence-corrected chi connectivity index (χ2v) is 5.91. The van der Waals surface area contributed by atoms with Crippen LogP contribution in [0.1, 0.15) is 26.6 Å². The lowest BCUT2D eigenvalue weighted by atomic mass is 9.96. The van der Waals surface area contributed by atoms with Crippen LogP contribution in [0, 0.1) is 5.82 Å². The molecule has 1 aromatic heterocycles. The highest BCUT2D eigenvalue weighted by atomic mass is 35.5. The average molecular weight is 295 g/mol. The first kappa shape index (κ1) is 14.5. The zero-order valence-corrected chi connectivity index (χ0v) is 12.3. The maximum Gasteiger partial charge on any atom is 0.138 e. The Labute approximate surface area is 122 Å². The van der Waals surface area contributed by atoms with Crippen molar-refractivity contribution in [2.45, 2.75) is 26.2 Å². The standard InChI is InChI=1S/C14H16ClFN4/c1-14(2,3)13-19-11(17)7-12(20-13)18-10-5-4-8(16)6-9(10)15/h4-7H,1-3H3,(H3,17,18,19,20). The summed E-state index contributed by atoms with van der Waals surface area (Å²) in [6.07, 6.45) is 0. The summed E-state index contributed by atoms with van der Waals surface area (Å²) in [6, 6.07) is 5.71. The van der Waals surface area contributed by atoms with Gasteiger partial charge >= 0.3 is 0 Å². The number of benzene rings is 1. The van der Waals surface area contributed by atoms with Gasteiger partial charge in [0.2, 0.25) is 0 Å². The third kappa shape index (κ3) is 3.36. The molecular formula is C14H16ClFN4. The normalized spacial score (nSPS) is 11.4. The Balaban J connectivity index is 2.36. The van der Waals surface area contributed by atoms with Crippen LogP contribution in [0.15, 0.2) is 24.3 Å². The number of nitrogens with zero attached hydrogens (tertiary/aromatic N) is 2. The van der Waals surface area contributed by atoms with E-state index in [1.54, 1.807) is 12.1 Å². The first-order valence-corrected chi connectivity index (χ1v) is 6.50. The molecule has 6 heteroatoms. The molecule has 0 spiro atoms. The molecule has 2 rings (SSSR count). The second kappa shape index (κ2) is 5.25. The smallest absolute Gasteiger partial charge is 0.138 e. The molecule has 0 aliphatic heterocycles. The van der Waals surface area contributed by atoms with Crippen molar-refractivity contribution in [3.63, 3.8) is 0 Å². The van der Waals surface area contributed by atoms with Crippen molar-refractivity contribution in [2.24, 2.45) is 0 Å². The molecule has 0 saturated heterocycles. The lowest BCUT2D eigenvalue weighted by molar-refractivity contribution is 0.547. The SMILES string of the molecule is CC(C)(C)c1nc(N)cc(Nc2ccc(F)cc2Cl)n1. The van der Waals surface area contributed by atoms with Gasteiger partial charge in [0.1, 0.15) is 23.3 Å². The Hall–Kier alpha value is -1.88. The summed E-state index contributed by atoms with van der Waals surface area (Å²) in [5.74, 6) is 1.12. The maximum atomic E-state index is 13.0. The molecule has 106 valence electrons. The van der Waals surface area contributed by atoms with E-state index in [1.807, 2.05) is 20.8 Å². The largest absolute Gasteiger partial charge is 0.384 e. The van der Waals surface area contributed by atoms with Crippen molar-refractivity contribution < 1.29 is 4.39 Å². The first-order valence-electron chi connectivity index (χ1n) is 6.13. The summed E-state index contributed by atoms with van der Waals surface area (Å²) in [5.41, 5.74) is 6.13. The van der Waals surface area contributed by atoms with Crippen LogP contribution in [-0.4, -0.2) is 9.97 Å². The van der Waals surface area contributed by atoms with Gasteiger partial charge in [-0.3, -0.25) is 0 Å². The third-order valence-corrected chi connectivity index (χ3v) is 2.92. The van der Waals surface area contributed by atoms with Crippen molar-refractivity contribution in [3.05, 3.63) is 40.9 Å². The van der Waals surface area contributed by atoms with Gasteiger partial charge in [0.15, 0.2) is 0 Å². The van der Waals surface area contributed by atoms with E-state index in [0.29, 0.717) is 23.1 Å². The molecule has 0 saturated carbocycles. The predicted molar refractivity (Wildman–Crippen MR) is 79.8 cm³/mol. The Morgan fingerprint density at radius 2 is 1.90 bits per heavy atom. The highest BCUT2D eigenvalue weighted by Crippen LogP contribution is 2.27. The van der Waals surface area contributed by atoms with E-state index >= 15 is 0 Å². The van der Waals surface area contributed by atoms with Gasteiger partial charge in [0, 0.05) is 11.5 Å². The zero-order chi connectivity index (χ0) is 14.9. The van der Waals surface area contributed by atoms with Crippen LogP contribution in [0.2, 0.25) is 5.02 Å². The van der Waals surface area contributed by atoms with Crippen LogP contribution in [0.3, 0.4) is 0 Å². The summed E-state index contributed by atoms with van der Waals surface area (Å²) in [7, 11) is 0. The molecule has 1 heterocycles. The molecule has 20 heavy (non-hydrogen) atoms. The Morgan fingerprint density at radius 3 is 2.50 bits per heavy atom. The number of nitrogen functional groups attached to an aromatic ring is 1. The number of anilines is 3. The van der Waals surface area contributed by atoms with E-state index in [2.05, 4.69) is 15.3 Å². The van der Waals surface area contributed by atoms with Crippen LogP contribution in [0.25, 0.3) is 0 Å². The van der Waals surface area contributed by atoms with Gasteiger partial charge < -0.3 is 11.1 Å². The van der Waals surface area contributed by atoms with Crippen LogP contribution in [0.4, 0.5) is 21.7 Å². The summed E-state index contributed by atoms with van der Waals surface area (Å²) >= 11 is 5.97. The molecule has 0 aliphatic carbocycles. The van der Waals surface area contributed by atoms with Gasteiger partial charge in [-0.15, -0.1) is 0 Å². The maximum absolute atomic E-state index is 13.0. The first-order chi connectivity index (χ1) is 9.25. The molecule has 0 atom stereocenters. The van der Waals surface area contributed by atoms with Gasteiger partial charge in [0.25, 0.3) is 0 Å². The quantitative estimate of drug-likeness (QED) is 0.882. The average Bonchev–Trinajstić information content (AvgIpc) is 2.31. The summed E-state index contributed by atoms with van der Waals surface area (Å²) in [6.45, 7) is 5.99. The van der Waals surface area contributed by atoms with E-state index in [9.17, 15) is 4.39 Å². The van der Waals surface area contributed by atoms with Crippen molar-refractivity contribution in [2.75, 3.05) is 11.1 Å². The number of aromatic nitrogens is 2. The summed E-state index contributed by atoms with van der Waals surface area (Å²) in [5, 5.41) is 3.30. The van der Waals surface area contributed by atoms with Crippen LogP contribution >= 0.6 is 11.6 Å². The van der Waals surface area contributed by atoms with Crippen molar-refractivity contribution in [1.29, 1.82) is 0 Å². The number of hydrogen-bond acceptors (Lipinski definition) is 4. The third-order valence-electron chi connectivity index (χ3n) is 2.61. The molecule has 1 aromatic carbocycles. The molecule has 3 N–H and O–H groups in total. The van der Waals surface area contributed by atoms with Crippen LogP contribution < -0.4 is 11.1 Å². The fraction of sp³-hybridized carbons (Fsp3) is 0.286. The Morgan fingerprint density at radius 1 is 1.20 bits per heavy atom. The van der Waals surface area contributed by atoms with Crippen molar-refractivity contribution in [3.8, 4) is 0 Å². The van der Waals surface area contributed by atoms with Crippen LogP contribution in [0.5, 0.6) is 0 Å². The molecule has 0 amide bonds. The second-order valence-electron chi connectivity index (χ2n) is 5.50. The van der Waals surface area contributed by atoms with Gasteiger partial charge in [0.05, 0.1) is 10.7 Å². The van der Waals surface area contributed by atoms with Crippen molar-refractivity contribution in [1.82, 2.24) is 9.97 Å². The van der Waals surface area contributed by atoms with E-state index in [-0.39, 0.29) is 10.4 Å². The minimum absolute atomic E-state index is 0.224. The minimum Gasteiger partial charge on any atom is -0.384 e. The zero-order valence-electron chi connectivity index (χ0n) is 11.5. The highest BCUT2D eigenvalue weighted by Gasteiger charge is 2.18. The monoisotopic (exact) mass is 294 g/mol. The number of halogens is 2. The molecule has 0 unspecified atom stereocenters. The lowest BCUT2D eigenvalue weighted by Crippen LogP contribution is -2.17. The van der Waals surface area contributed by atoms with E-state index in [4.69, 9.17) is 17.3 Å². The Bertz CT molecular complexity index is 638. The molecule has 0 bridgehead atoms. The number of nitrogens with two attached hydrogens (primary N) is 1. The number of nitrogens with one attached hydrogen (secondary N) is 1. The fourth-order valence-electron chi connectivity index (χ4n) is 1.59. The topological polar surface area (TPSA) is 63.8 Å². The van der Waals surface area contributed by atoms with E-state index in [0.717, 1.165) is 0 Å². The van der Waals surface area contributed by atoms with Gasteiger partial charge in [-0.05, 0) is 18.2 Å². The fourth-order valence-corrected chi connectivity index (χ4v) is 1.81. The molecule has 4 nitrogen and oxygen atoms in total. The van der Waals surface area contributed by atoms with Gasteiger partial charge in [-0.1, -0.05) is 32.4 Å². The number of hydrogen-bond donors (Lipinski definition) is 2. The number of rotatable bonds is 2. The molecule has 0 radical (unpaired) electrons. The van der Waals surface area contributed by atoms with Crippen LogP contribution in [-0.2, 0) is 5.41 Å². The summed E-state index contributed by atoms with van der Waals surface area (Å²) < 4.78 is 13.0.